The van der Waals surface area contributed by atoms with Crippen LogP contribution in [-0.2, 0) is 4.79 Å². The summed E-state index contributed by atoms with van der Waals surface area (Å²) in [5, 5.41) is 6.94. The second kappa shape index (κ2) is 5.35. The number of hydrogen-bond acceptors (Lipinski definition) is 2. The van der Waals surface area contributed by atoms with Gasteiger partial charge in [0.2, 0.25) is 5.91 Å². The summed E-state index contributed by atoms with van der Waals surface area (Å²) in [6.45, 7) is 3.80. The van der Waals surface area contributed by atoms with E-state index in [1.54, 1.807) is 23.1 Å². The number of carbonyl (C=O) groups is 1. The van der Waals surface area contributed by atoms with E-state index in [0.29, 0.717) is 0 Å². The van der Waals surface area contributed by atoms with Crippen molar-refractivity contribution in [3.8, 4) is 0 Å². The van der Waals surface area contributed by atoms with Crippen LogP contribution in [0.1, 0.15) is 18.5 Å². The lowest BCUT2D eigenvalue weighted by atomic mass is 10.2. The van der Waals surface area contributed by atoms with Gasteiger partial charge in [0.15, 0.2) is 0 Å². The van der Waals surface area contributed by atoms with Gasteiger partial charge >= 0.3 is 0 Å². The van der Waals surface area contributed by atoms with Crippen LogP contribution in [0.25, 0.3) is 0 Å². The Bertz CT molecular complexity index is 551. The van der Waals surface area contributed by atoms with Gasteiger partial charge < -0.3 is 5.32 Å². The largest absolute Gasteiger partial charge is 0.324 e. The van der Waals surface area contributed by atoms with Crippen LogP contribution in [-0.4, -0.2) is 15.7 Å². The average molecular weight is 308 g/mol. The zero-order valence-electron chi connectivity index (χ0n) is 10.2. The number of nitrogens with one attached hydrogen (secondary N) is 1. The maximum atomic E-state index is 12.0. The summed E-state index contributed by atoms with van der Waals surface area (Å²) in [5.41, 5.74) is 1.87. The van der Waals surface area contributed by atoms with E-state index in [2.05, 4.69) is 26.3 Å². The van der Waals surface area contributed by atoms with E-state index in [9.17, 15) is 4.79 Å². The van der Waals surface area contributed by atoms with Crippen LogP contribution in [0, 0.1) is 6.92 Å². The van der Waals surface area contributed by atoms with Crippen molar-refractivity contribution in [2.75, 3.05) is 5.32 Å². The summed E-state index contributed by atoms with van der Waals surface area (Å²) in [6.07, 6.45) is 3.44. The van der Waals surface area contributed by atoms with Crippen molar-refractivity contribution in [2.45, 2.75) is 19.9 Å². The molecule has 0 radical (unpaired) electrons. The standard InChI is InChI=1S/C13H14BrN3O/c1-9-8-11(4-5-12(9)14)16-13(18)10(2)17-7-3-6-15-17/h3-8,10H,1-2H3,(H,16,18)/t10-/m1/s1. The first kappa shape index (κ1) is 12.8. The molecule has 1 aromatic carbocycles. The van der Waals surface area contributed by atoms with Crippen molar-refractivity contribution >= 4 is 27.5 Å². The van der Waals surface area contributed by atoms with E-state index in [4.69, 9.17) is 0 Å². The number of amides is 1. The van der Waals surface area contributed by atoms with Crippen molar-refractivity contribution in [3.05, 3.63) is 46.7 Å². The minimum absolute atomic E-state index is 0.0829. The number of aryl methyl sites for hydroxylation is 1. The van der Waals surface area contributed by atoms with Gasteiger partial charge in [-0.1, -0.05) is 15.9 Å². The Labute approximate surface area is 114 Å². The van der Waals surface area contributed by atoms with Crippen LogP contribution in [0.4, 0.5) is 5.69 Å². The second-order valence-corrected chi connectivity index (χ2v) is 4.97. The predicted molar refractivity (Wildman–Crippen MR) is 74.4 cm³/mol. The lowest BCUT2D eigenvalue weighted by molar-refractivity contribution is -0.119. The quantitative estimate of drug-likeness (QED) is 0.947. The van der Waals surface area contributed by atoms with E-state index >= 15 is 0 Å². The minimum Gasteiger partial charge on any atom is -0.324 e. The lowest BCUT2D eigenvalue weighted by Crippen LogP contribution is -2.23. The molecule has 2 rings (SSSR count). The molecule has 0 saturated heterocycles. The van der Waals surface area contributed by atoms with Crippen LogP contribution in [0.3, 0.4) is 0 Å². The number of hydrogen-bond donors (Lipinski definition) is 1. The van der Waals surface area contributed by atoms with E-state index < -0.39 is 0 Å². The van der Waals surface area contributed by atoms with Gasteiger partial charge in [-0.2, -0.15) is 5.10 Å². The molecular formula is C13H14BrN3O. The van der Waals surface area contributed by atoms with Gasteiger partial charge in [-0.25, -0.2) is 0 Å². The second-order valence-electron chi connectivity index (χ2n) is 4.12. The monoisotopic (exact) mass is 307 g/mol. The molecule has 0 fully saturated rings. The molecule has 1 atom stereocenters. The molecule has 1 amide bonds. The maximum absolute atomic E-state index is 12.0. The first-order valence-corrected chi connectivity index (χ1v) is 6.43. The zero-order valence-corrected chi connectivity index (χ0v) is 11.8. The van der Waals surface area contributed by atoms with Gasteiger partial charge in [-0.15, -0.1) is 0 Å². The molecule has 0 aliphatic heterocycles. The highest BCUT2D eigenvalue weighted by Gasteiger charge is 2.15. The molecule has 0 spiro atoms. The van der Waals surface area contributed by atoms with Crippen molar-refractivity contribution in [1.82, 2.24) is 9.78 Å². The summed E-state index contributed by atoms with van der Waals surface area (Å²) in [4.78, 5) is 12.0. The van der Waals surface area contributed by atoms with Crippen molar-refractivity contribution in [2.24, 2.45) is 0 Å². The van der Waals surface area contributed by atoms with Gasteiger partial charge in [0, 0.05) is 22.6 Å². The fourth-order valence-electron chi connectivity index (χ4n) is 1.60. The summed E-state index contributed by atoms with van der Waals surface area (Å²) in [7, 11) is 0. The zero-order chi connectivity index (χ0) is 13.1. The summed E-state index contributed by atoms with van der Waals surface area (Å²) in [6, 6.07) is 7.18. The number of nitrogens with zero attached hydrogens (tertiary/aromatic N) is 2. The molecule has 1 heterocycles. The summed E-state index contributed by atoms with van der Waals surface area (Å²) >= 11 is 3.43. The number of anilines is 1. The maximum Gasteiger partial charge on any atom is 0.248 e. The Morgan fingerprint density at radius 2 is 2.28 bits per heavy atom. The highest BCUT2D eigenvalue weighted by atomic mass is 79.9. The lowest BCUT2D eigenvalue weighted by Gasteiger charge is -2.13. The molecule has 0 aliphatic rings. The van der Waals surface area contributed by atoms with Gasteiger partial charge in [-0.05, 0) is 43.7 Å². The van der Waals surface area contributed by atoms with Crippen LogP contribution in [0.5, 0.6) is 0 Å². The molecule has 0 aliphatic carbocycles. The molecule has 5 heteroatoms. The van der Waals surface area contributed by atoms with Gasteiger partial charge in [-0.3, -0.25) is 9.48 Å². The van der Waals surface area contributed by atoms with E-state index in [1.165, 1.54) is 0 Å². The molecule has 1 N–H and O–H groups in total. The van der Waals surface area contributed by atoms with E-state index in [1.807, 2.05) is 32.0 Å². The smallest absolute Gasteiger partial charge is 0.248 e. The van der Waals surface area contributed by atoms with Crippen LogP contribution in [0.15, 0.2) is 41.1 Å². The molecule has 0 saturated carbocycles. The topological polar surface area (TPSA) is 46.9 Å². The average Bonchev–Trinajstić information content (AvgIpc) is 2.86. The molecular weight excluding hydrogens is 294 g/mol. The molecule has 94 valence electrons. The highest BCUT2D eigenvalue weighted by molar-refractivity contribution is 9.10. The molecule has 18 heavy (non-hydrogen) atoms. The van der Waals surface area contributed by atoms with Crippen LogP contribution in [0.2, 0.25) is 0 Å². The Morgan fingerprint density at radius 3 is 2.89 bits per heavy atom. The number of rotatable bonds is 3. The summed E-state index contributed by atoms with van der Waals surface area (Å²) < 4.78 is 2.65. The fraction of sp³-hybridized carbons (Fsp3) is 0.231. The first-order chi connectivity index (χ1) is 8.58. The van der Waals surface area contributed by atoms with Crippen LogP contribution < -0.4 is 5.32 Å². The van der Waals surface area contributed by atoms with Gasteiger partial charge in [0.05, 0.1) is 0 Å². The Kier molecular flexibility index (Phi) is 3.81. The summed E-state index contributed by atoms with van der Waals surface area (Å²) in [5.74, 6) is -0.0829. The Hall–Kier alpha value is -1.62. The Balaban J connectivity index is 2.09. The van der Waals surface area contributed by atoms with Crippen molar-refractivity contribution < 1.29 is 4.79 Å². The molecule has 0 bridgehead atoms. The SMILES string of the molecule is Cc1cc(NC(=O)[C@@H](C)n2cccn2)ccc1Br. The van der Waals surface area contributed by atoms with E-state index in [-0.39, 0.29) is 11.9 Å². The predicted octanol–water partition coefficient (Wildman–Crippen LogP) is 3.15. The molecule has 0 unspecified atom stereocenters. The minimum atomic E-state index is -0.330. The number of halogens is 1. The Morgan fingerprint density at radius 1 is 1.50 bits per heavy atom. The third-order valence-electron chi connectivity index (χ3n) is 2.73. The number of carbonyl (C=O) groups excluding carboxylic acids is 1. The van der Waals surface area contributed by atoms with E-state index in [0.717, 1.165) is 15.7 Å². The van der Waals surface area contributed by atoms with Gasteiger partial charge in [0.1, 0.15) is 6.04 Å². The fourth-order valence-corrected chi connectivity index (χ4v) is 1.85. The molecule has 1 aromatic heterocycles. The molecule has 2 aromatic rings. The number of aromatic nitrogens is 2. The highest BCUT2D eigenvalue weighted by Crippen LogP contribution is 2.20. The molecule has 4 nitrogen and oxygen atoms in total. The normalized spacial score (nSPS) is 12.2. The first-order valence-electron chi connectivity index (χ1n) is 5.64. The van der Waals surface area contributed by atoms with Crippen LogP contribution >= 0.6 is 15.9 Å². The van der Waals surface area contributed by atoms with Crippen molar-refractivity contribution in [3.63, 3.8) is 0 Å². The third kappa shape index (κ3) is 2.79. The van der Waals surface area contributed by atoms with Gasteiger partial charge in [0.25, 0.3) is 0 Å². The van der Waals surface area contributed by atoms with Crippen molar-refractivity contribution in [1.29, 1.82) is 0 Å². The number of benzene rings is 1. The third-order valence-corrected chi connectivity index (χ3v) is 3.62.